The average Bonchev–Trinajstić information content (AvgIpc) is 2.86. The first-order chi connectivity index (χ1) is 8.34. The van der Waals surface area contributed by atoms with E-state index in [9.17, 15) is 14.8 Å². The Morgan fingerprint density at radius 3 is 2.50 bits per heavy atom. The first-order valence-electron chi connectivity index (χ1n) is 5.08. The molecule has 1 fully saturated rings. The number of rotatable bonds is 3. The van der Waals surface area contributed by atoms with Crippen LogP contribution in [0.4, 0.5) is 0 Å². The lowest BCUT2D eigenvalue weighted by molar-refractivity contribution is -0.0250. The summed E-state index contributed by atoms with van der Waals surface area (Å²) in [6.45, 7) is -0.485. The SMILES string of the molecule is O=P(O)(O)c1c[nH]c(C2O[C@H](CO)[C@@H](O)[C@H]2O)n1. The number of ether oxygens (including phenoxy) is 1. The molecule has 1 aromatic rings. The fraction of sp³-hybridized carbons (Fsp3) is 0.625. The number of aliphatic hydroxyl groups is 3. The van der Waals surface area contributed by atoms with Gasteiger partial charge in [-0.3, -0.25) is 4.57 Å². The second-order valence-corrected chi connectivity index (χ2v) is 5.49. The predicted octanol–water partition coefficient (Wildman–Crippen LogP) is -2.63. The Hall–Kier alpha value is -0.800. The smallest absolute Gasteiger partial charge is 0.376 e. The molecule has 9 nitrogen and oxygen atoms in total. The summed E-state index contributed by atoms with van der Waals surface area (Å²) in [6, 6.07) is 0. The molecule has 6 N–H and O–H groups in total. The lowest BCUT2D eigenvalue weighted by Crippen LogP contribution is -2.32. The molecule has 1 unspecified atom stereocenters. The van der Waals surface area contributed by atoms with E-state index in [0.717, 1.165) is 6.20 Å². The Labute approximate surface area is 101 Å². The molecule has 0 bridgehead atoms. The molecule has 18 heavy (non-hydrogen) atoms. The van der Waals surface area contributed by atoms with Gasteiger partial charge in [-0.15, -0.1) is 0 Å². The van der Waals surface area contributed by atoms with Crippen LogP contribution in [0.5, 0.6) is 0 Å². The van der Waals surface area contributed by atoms with Gasteiger partial charge in [-0.1, -0.05) is 0 Å². The highest BCUT2D eigenvalue weighted by molar-refractivity contribution is 7.60. The van der Waals surface area contributed by atoms with Gasteiger partial charge in [0.05, 0.1) is 6.61 Å². The summed E-state index contributed by atoms with van der Waals surface area (Å²) in [6.07, 6.45) is -3.65. The van der Waals surface area contributed by atoms with E-state index in [2.05, 4.69) is 9.97 Å². The molecular formula is C8H13N2O7P. The second-order valence-electron chi connectivity index (χ2n) is 3.95. The molecule has 0 aromatic carbocycles. The molecule has 1 saturated heterocycles. The van der Waals surface area contributed by atoms with Crippen LogP contribution >= 0.6 is 7.60 Å². The number of nitrogens with zero attached hydrogens (tertiary/aromatic N) is 1. The van der Waals surface area contributed by atoms with Crippen LogP contribution in [0.3, 0.4) is 0 Å². The Kier molecular flexibility index (Phi) is 3.56. The molecule has 0 aliphatic carbocycles. The van der Waals surface area contributed by atoms with E-state index in [-0.39, 0.29) is 5.82 Å². The standard InChI is InChI=1S/C8H13N2O7P/c11-2-3-5(12)6(13)7(17-3)8-9-1-4(10-8)18(14,15)16/h1,3,5-7,11-13H,2H2,(H,9,10)(H2,14,15,16)/t3-,5-,6-,7?/m1/s1. The van der Waals surface area contributed by atoms with Gasteiger partial charge in [-0.25, -0.2) is 4.98 Å². The van der Waals surface area contributed by atoms with Crippen molar-refractivity contribution in [2.24, 2.45) is 0 Å². The van der Waals surface area contributed by atoms with Crippen LogP contribution in [0, 0.1) is 0 Å². The minimum atomic E-state index is -4.49. The van der Waals surface area contributed by atoms with Crippen LogP contribution in [-0.2, 0) is 9.30 Å². The van der Waals surface area contributed by atoms with E-state index in [1.54, 1.807) is 0 Å². The van der Waals surface area contributed by atoms with Crippen LogP contribution in [0.1, 0.15) is 11.9 Å². The Bertz CT molecular complexity index is 472. The van der Waals surface area contributed by atoms with E-state index >= 15 is 0 Å². The monoisotopic (exact) mass is 280 g/mol. The molecule has 1 aliphatic heterocycles. The van der Waals surface area contributed by atoms with Crippen LogP contribution < -0.4 is 5.44 Å². The highest BCUT2D eigenvalue weighted by atomic mass is 31.2. The van der Waals surface area contributed by atoms with Crippen LogP contribution in [0.15, 0.2) is 6.20 Å². The van der Waals surface area contributed by atoms with Gasteiger partial charge in [0.25, 0.3) is 0 Å². The largest absolute Gasteiger partial charge is 0.394 e. The maximum atomic E-state index is 10.9. The summed E-state index contributed by atoms with van der Waals surface area (Å²) in [7, 11) is -4.49. The molecule has 1 aromatic heterocycles. The average molecular weight is 280 g/mol. The van der Waals surface area contributed by atoms with Crippen molar-refractivity contribution in [3.8, 4) is 0 Å². The van der Waals surface area contributed by atoms with Crippen molar-refractivity contribution in [3.05, 3.63) is 12.0 Å². The summed E-state index contributed by atoms with van der Waals surface area (Å²) >= 11 is 0. The molecule has 2 rings (SSSR count). The van der Waals surface area contributed by atoms with Crippen molar-refractivity contribution in [3.63, 3.8) is 0 Å². The van der Waals surface area contributed by atoms with Gasteiger partial charge in [-0.05, 0) is 0 Å². The number of hydrogen-bond donors (Lipinski definition) is 6. The molecule has 2 heterocycles. The third-order valence-corrected chi connectivity index (χ3v) is 3.52. The first-order valence-corrected chi connectivity index (χ1v) is 6.69. The van der Waals surface area contributed by atoms with Gasteiger partial charge in [0.15, 0.2) is 5.44 Å². The van der Waals surface area contributed by atoms with Crippen LogP contribution in [0.2, 0.25) is 0 Å². The van der Waals surface area contributed by atoms with Gasteiger partial charge in [0, 0.05) is 6.20 Å². The topological polar surface area (TPSA) is 156 Å². The minimum Gasteiger partial charge on any atom is -0.394 e. The fourth-order valence-corrected chi connectivity index (χ4v) is 2.22. The molecule has 0 spiro atoms. The van der Waals surface area contributed by atoms with Crippen molar-refractivity contribution in [2.45, 2.75) is 24.4 Å². The van der Waals surface area contributed by atoms with Crippen molar-refractivity contribution in [1.82, 2.24) is 9.97 Å². The van der Waals surface area contributed by atoms with Gasteiger partial charge in [-0.2, -0.15) is 0 Å². The predicted molar refractivity (Wildman–Crippen MR) is 57.0 cm³/mol. The Morgan fingerprint density at radius 2 is 2.06 bits per heavy atom. The number of nitrogens with one attached hydrogen (secondary N) is 1. The second kappa shape index (κ2) is 4.71. The number of aromatic amines is 1. The summed E-state index contributed by atoms with van der Waals surface area (Å²) in [4.78, 5) is 23.9. The highest BCUT2D eigenvalue weighted by Crippen LogP contribution is 2.35. The van der Waals surface area contributed by atoms with E-state index in [1.165, 1.54) is 0 Å². The number of aromatic nitrogens is 2. The van der Waals surface area contributed by atoms with Crippen LogP contribution in [-0.4, -0.2) is 60.0 Å². The molecule has 10 heteroatoms. The number of H-pyrrole nitrogens is 1. The normalized spacial score (nSPS) is 32.9. The van der Waals surface area contributed by atoms with Crippen molar-refractivity contribution in [1.29, 1.82) is 0 Å². The first kappa shape index (κ1) is 13.6. The van der Waals surface area contributed by atoms with Crippen LogP contribution in [0.25, 0.3) is 0 Å². The number of hydrogen-bond acceptors (Lipinski definition) is 6. The summed E-state index contributed by atoms with van der Waals surface area (Å²) in [5.74, 6) is -0.0178. The summed E-state index contributed by atoms with van der Waals surface area (Å²) in [5.41, 5.74) is -0.477. The Balaban J connectivity index is 2.23. The van der Waals surface area contributed by atoms with Gasteiger partial charge in [0.1, 0.15) is 30.2 Å². The lowest BCUT2D eigenvalue weighted by Gasteiger charge is -2.11. The minimum absolute atomic E-state index is 0.0178. The summed E-state index contributed by atoms with van der Waals surface area (Å²) < 4.78 is 16.1. The van der Waals surface area contributed by atoms with Gasteiger partial charge in [0.2, 0.25) is 0 Å². The zero-order chi connectivity index (χ0) is 13.5. The Morgan fingerprint density at radius 1 is 1.39 bits per heavy atom. The van der Waals surface area contributed by atoms with Crippen molar-refractivity contribution < 1.29 is 34.4 Å². The van der Waals surface area contributed by atoms with Crippen molar-refractivity contribution >= 4 is 13.0 Å². The highest BCUT2D eigenvalue weighted by Gasteiger charge is 2.44. The molecule has 4 atom stereocenters. The number of imidazole rings is 1. The maximum absolute atomic E-state index is 10.9. The van der Waals surface area contributed by atoms with Gasteiger partial charge < -0.3 is 34.8 Å². The van der Waals surface area contributed by atoms with E-state index in [0.29, 0.717) is 0 Å². The third kappa shape index (κ3) is 2.34. The maximum Gasteiger partial charge on any atom is 0.376 e. The molecule has 0 amide bonds. The molecule has 0 saturated carbocycles. The molecular weight excluding hydrogens is 267 g/mol. The number of aliphatic hydroxyl groups excluding tert-OH is 3. The van der Waals surface area contributed by atoms with E-state index < -0.39 is 44.1 Å². The van der Waals surface area contributed by atoms with E-state index in [4.69, 9.17) is 19.6 Å². The van der Waals surface area contributed by atoms with Gasteiger partial charge >= 0.3 is 7.60 Å². The lowest BCUT2D eigenvalue weighted by atomic mass is 10.1. The fourth-order valence-electron chi connectivity index (χ4n) is 1.75. The zero-order valence-corrected chi connectivity index (χ0v) is 9.94. The zero-order valence-electron chi connectivity index (χ0n) is 9.04. The molecule has 0 radical (unpaired) electrons. The van der Waals surface area contributed by atoms with Crippen molar-refractivity contribution in [2.75, 3.05) is 6.61 Å². The molecule has 1 aliphatic rings. The van der Waals surface area contributed by atoms with E-state index in [1.807, 2.05) is 0 Å². The quantitative estimate of drug-likeness (QED) is 0.328. The molecule has 102 valence electrons. The summed E-state index contributed by atoms with van der Waals surface area (Å²) in [5, 5.41) is 28.1. The third-order valence-electron chi connectivity index (χ3n) is 2.69.